The first-order valence-corrected chi connectivity index (χ1v) is 0. The van der Waals surface area contributed by atoms with Crippen LogP contribution in [0, 0.1) is 0 Å². The zero-order valence-corrected chi connectivity index (χ0v) is 10.3. The van der Waals surface area contributed by atoms with E-state index in [1.54, 1.807) is 0 Å². The third-order valence-electron chi connectivity index (χ3n) is 0. The maximum absolute atomic E-state index is 0. The Morgan fingerprint density at radius 1 is 0.500 bits per heavy atom. The molecular weight excluding hydrogens is 265 g/mol. The average Bonchev–Trinajstić information content (AvgIpc) is 0. The van der Waals surface area contributed by atoms with E-state index >= 15 is 0 Å². The van der Waals surface area contributed by atoms with Gasteiger partial charge in [0.05, 0.1) is 0 Å². The Bertz CT molecular complexity index is 3.25. The molecule has 3 radical (unpaired) electrons. The molecule has 0 aliphatic heterocycles. The van der Waals surface area contributed by atoms with Crippen LogP contribution in [0.4, 0.5) is 0 Å². The molecule has 0 aromatic carbocycles. The van der Waals surface area contributed by atoms with Gasteiger partial charge in [-0.05, 0) is 0 Å². The van der Waals surface area contributed by atoms with E-state index in [4.69, 9.17) is 0 Å². The van der Waals surface area contributed by atoms with Crippen molar-refractivity contribution in [1.29, 1.82) is 0 Å². The Balaban J connectivity index is 0. The summed E-state index contributed by atoms with van der Waals surface area (Å²) in [4.78, 5) is 0. The molecule has 4 heteroatoms. The summed E-state index contributed by atoms with van der Waals surface area (Å²) in [6.07, 6.45) is 0. The molecule has 0 spiro atoms. The molecule has 0 aliphatic carbocycles. The van der Waals surface area contributed by atoms with Gasteiger partial charge in [-0.15, -0.1) is 0 Å². The Hall–Kier alpha value is 2.68. The van der Waals surface area contributed by atoms with Gasteiger partial charge >= 0.3 is 0 Å². The molecule has 0 unspecified atom stereocenters. The monoisotopic (exact) mass is 267 g/mol. The molecule has 0 aliphatic rings. The van der Waals surface area contributed by atoms with Gasteiger partial charge in [0.15, 0.2) is 0 Å². The average molecular weight is 265 g/mol. The first-order chi connectivity index (χ1) is 0. The predicted molar refractivity (Wildman–Crippen MR) is 0 cm³/mol. The van der Waals surface area contributed by atoms with Crippen molar-refractivity contribution in [2.75, 3.05) is 0 Å². The molecule has 0 aromatic heterocycles. The smallest absolute Gasteiger partial charge is 0 e. The molecular formula is CdV3. The molecule has 0 rings (SSSR count). The molecule has 0 heterocycles. The molecule has 0 atom stereocenters. The standard InChI is InChI=1S/Cd.3V. The third kappa shape index (κ3) is 8.82. The van der Waals surface area contributed by atoms with Crippen LogP contribution in [-0.2, 0) is 83.0 Å². The molecule has 0 saturated carbocycles. The first-order valence-electron chi connectivity index (χ1n) is 0. The van der Waals surface area contributed by atoms with Gasteiger partial charge in [-0.2, -0.15) is 0 Å². The summed E-state index contributed by atoms with van der Waals surface area (Å²) in [6.45, 7) is 0. The normalized spacial score (nSPS) is 0. The van der Waals surface area contributed by atoms with E-state index < -0.39 is 0 Å². The predicted octanol–water partition coefficient (Wildman–Crippen LogP) is -0.0100. The van der Waals surface area contributed by atoms with Crippen molar-refractivity contribution < 1.29 is 83.0 Å². The van der Waals surface area contributed by atoms with Crippen LogP contribution < -0.4 is 0 Å². The fourth-order valence-corrected chi connectivity index (χ4v) is 0. The topological polar surface area (TPSA) is 0 Å². The Morgan fingerprint density at radius 3 is 0.500 bits per heavy atom. The Kier molecular flexibility index (Phi) is 130. The maximum Gasteiger partial charge on any atom is 0 e. The van der Waals surface area contributed by atoms with Gasteiger partial charge in [0.1, 0.15) is 0 Å². The Morgan fingerprint density at radius 2 is 0.500 bits per heavy atom. The van der Waals surface area contributed by atoms with Crippen LogP contribution in [0.15, 0.2) is 0 Å². The summed E-state index contributed by atoms with van der Waals surface area (Å²) < 4.78 is 0. The molecule has 0 saturated heterocycles. The van der Waals surface area contributed by atoms with Crippen LogP contribution in [0.2, 0.25) is 0 Å². The van der Waals surface area contributed by atoms with Crippen molar-refractivity contribution >= 4 is 0 Å². The van der Waals surface area contributed by atoms with Crippen LogP contribution >= 0.6 is 0 Å². The largest absolute Gasteiger partial charge is 0 e. The van der Waals surface area contributed by atoms with Crippen molar-refractivity contribution in [2.45, 2.75) is 0 Å². The van der Waals surface area contributed by atoms with E-state index in [-0.39, 0.29) is 83.0 Å². The summed E-state index contributed by atoms with van der Waals surface area (Å²) in [5.74, 6) is 0. The van der Waals surface area contributed by atoms with Gasteiger partial charge in [-0.3, -0.25) is 0 Å². The number of hydrogen-bond acceptors (Lipinski definition) is 0. The third-order valence-corrected chi connectivity index (χ3v) is 0. The quantitative estimate of drug-likeness (QED) is 0.540. The minimum atomic E-state index is 0. The van der Waals surface area contributed by atoms with E-state index in [2.05, 4.69) is 0 Å². The van der Waals surface area contributed by atoms with Crippen molar-refractivity contribution in [3.05, 3.63) is 0 Å². The SMILES string of the molecule is [Cd].[V].[V].[V]. The zero-order valence-electron chi connectivity index (χ0n) is 2.05. The van der Waals surface area contributed by atoms with E-state index in [1.165, 1.54) is 0 Å². The second kappa shape index (κ2) is 17.3. The molecule has 4 heavy (non-hydrogen) atoms. The van der Waals surface area contributed by atoms with Crippen LogP contribution in [-0.4, -0.2) is 0 Å². The maximum atomic E-state index is 0. The molecule has 0 N–H and O–H groups in total. The van der Waals surface area contributed by atoms with Crippen molar-refractivity contribution in [1.82, 2.24) is 0 Å². The van der Waals surface area contributed by atoms with Crippen molar-refractivity contribution in [3.63, 3.8) is 0 Å². The van der Waals surface area contributed by atoms with Crippen LogP contribution in [0.25, 0.3) is 0 Å². The van der Waals surface area contributed by atoms with Gasteiger partial charge in [0.2, 0.25) is 0 Å². The first kappa shape index (κ1) is 30.0. The van der Waals surface area contributed by atoms with Crippen LogP contribution in [0.1, 0.15) is 0 Å². The molecule has 0 amide bonds. The molecule has 0 aromatic rings. The summed E-state index contributed by atoms with van der Waals surface area (Å²) in [5, 5.41) is 0. The molecule has 0 bridgehead atoms. The van der Waals surface area contributed by atoms with E-state index in [0.29, 0.717) is 0 Å². The van der Waals surface area contributed by atoms with Crippen LogP contribution in [0.5, 0.6) is 0 Å². The van der Waals surface area contributed by atoms with E-state index in [1.807, 2.05) is 0 Å². The van der Waals surface area contributed by atoms with Gasteiger partial charge in [0, 0.05) is 83.0 Å². The summed E-state index contributed by atoms with van der Waals surface area (Å²) in [7, 11) is 0. The minimum Gasteiger partial charge on any atom is 0 e. The Labute approximate surface area is 81.7 Å². The fraction of sp³-hybridized carbons (Fsp3) is 0. The molecule has 0 nitrogen and oxygen atoms in total. The molecule has 17 valence electrons. The van der Waals surface area contributed by atoms with Gasteiger partial charge < -0.3 is 0 Å². The number of rotatable bonds is 0. The van der Waals surface area contributed by atoms with Gasteiger partial charge in [-0.25, -0.2) is 0 Å². The van der Waals surface area contributed by atoms with Crippen molar-refractivity contribution in [3.8, 4) is 0 Å². The van der Waals surface area contributed by atoms with E-state index in [9.17, 15) is 0 Å². The second-order valence-electron chi connectivity index (χ2n) is 0. The van der Waals surface area contributed by atoms with Crippen LogP contribution in [0.3, 0.4) is 0 Å². The second-order valence-corrected chi connectivity index (χ2v) is 0. The van der Waals surface area contributed by atoms with Crippen molar-refractivity contribution in [2.24, 2.45) is 0 Å². The summed E-state index contributed by atoms with van der Waals surface area (Å²) in [5.41, 5.74) is 0. The fourth-order valence-electron chi connectivity index (χ4n) is 0. The summed E-state index contributed by atoms with van der Waals surface area (Å²) in [6, 6.07) is 0. The summed E-state index contributed by atoms with van der Waals surface area (Å²) >= 11 is 0. The number of hydrogen-bond donors (Lipinski definition) is 0. The van der Waals surface area contributed by atoms with Gasteiger partial charge in [-0.1, -0.05) is 0 Å². The zero-order chi connectivity index (χ0) is 0. The minimum absolute atomic E-state index is 0. The van der Waals surface area contributed by atoms with E-state index in [0.717, 1.165) is 0 Å². The van der Waals surface area contributed by atoms with Gasteiger partial charge in [0.25, 0.3) is 0 Å². The molecule has 0 fully saturated rings.